The largest absolute Gasteiger partial charge is 0.495 e. The number of H-pyrrole nitrogens is 1. The molecule has 0 fully saturated rings. The lowest BCUT2D eigenvalue weighted by Crippen LogP contribution is -2.02. The van der Waals surface area contributed by atoms with Crippen LogP contribution in [-0.4, -0.2) is 24.3 Å². The topological polar surface area (TPSA) is 70.2 Å². The van der Waals surface area contributed by atoms with Crippen LogP contribution in [0.4, 0.5) is 0 Å². The fourth-order valence-electron chi connectivity index (χ4n) is 1.46. The van der Waals surface area contributed by atoms with E-state index in [0.717, 1.165) is 5.52 Å². The molecule has 1 aromatic carbocycles. The predicted molar refractivity (Wildman–Crippen MR) is 57.7 cm³/mol. The van der Waals surface area contributed by atoms with Gasteiger partial charge >= 0.3 is 0 Å². The maximum atomic E-state index is 11.6. The summed E-state index contributed by atoms with van der Waals surface area (Å²) in [5, 5.41) is 9.90. The van der Waals surface area contributed by atoms with E-state index in [4.69, 9.17) is 0 Å². The average Bonchev–Trinajstić information content (AvgIpc) is 2.56. The monoisotopic (exact) mass is 225 g/mol. The zero-order valence-corrected chi connectivity index (χ0v) is 9.00. The molecule has 2 N–H and O–H groups in total. The van der Waals surface area contributed by atoms with Crippen LogP contribution in [0.15, 0.2) is 29.2 Å². The number of nitrogens with one attached hydrogen (secondary N) is 1. The number of fused-ring (bicyclic) bond motifs is 1. The molecule has 0 unspecified atom stereocenters. The van der Waals surface area contributed by atoms with E-state index in [1.54, 1.807) is 19.1 Å². The minimum Gasteiger partial charge on any atom is -0.495 e. The Hall–Kier alpha value is -1.49. The van der Waals surface area contributed by atoms with E-state index in [-0.39, 0.29) is 16.5 Å². The van der Waals surface area contributed by atoms with Gasteiger partial charge in [0.25, 0.3) is 0 Å². The van der Waals surface area contributed by atoms with Gasteiger partial charge < -0.3 is 10.1 Å². The zero-order valence-electron chi connectivity index (χ0n) is 8.19. The van der Waals surface area contributed by atoms with Crippen LogP contribution >= 0.6 is 0 Å². The van der Waals surface area contributed by atoms with Crippen molar-refractivity contribution in [2.75, 3.05) is 5.75 Å². The second-order valence-electron chi connectivity index (χ2n) is 3.31. The molecule has 0 saturated heterocycles. The molecule has 0 bridgehead atoms. The summed E-state index contributed by atoms with van der Waals surface area (Å²) in [7, 11) is -3.18. The fraction of sp³-hybridized carbons (Fsp3) is 0.200. The summed E-state index contributed by atoms with van der Waals surface area (Å²) < 4.78 is 23.2. The maximum absolute atomic E-state index is 11.6. The lowest BCUT2D eigenvalue weighted by molar-refractivity contribution is 0.458. The summed E-state index contributed by atoms with van der Waals surface area (Å²) >= 11 is 0. The molecule has 2 aromatic rings. The Kier molecular flexibility index (Phi) is 2.19. The Morgan fingerprint density at radius 2 is 2.07 bits per heavy atom. The van der Waals surface area contributed by atoms with Gasteiger partial charge in [0.05, 0.1) is 10.6 Å². The number of hydrogen-bond donors (Lipinski definition) is 2. The van der Waals surface area contributed by atoms with Gasteiger partial charge in [-0.3, -0.25) is 0 Å². The smallest absolute Gasteiger partial charge is 0.189 e. The van der Waals surface area contributed by atoms with Gasteiger partial charge in [-0.05, 0) is 18.2 Å². The highest BCUT2D eigenvalue weighted by atomic mass is 32.2. The van der Waals surface area contributed by atoms with E-state index >= 15 is 0 Å². The molecule has 2 rings (SSSR count). The predicted octanol–water partition coefficient (Wildman–Crippen LogP) is 1.67. The van der Waals surface area contributed by atoms with Crippen molar-refractivity contribution in [1.29, 1.82) is 0 Å². The quantitative estimate of drug-likeness (QED) is 0.816. The van der Waals surface area contributed by atoms with Crippen LogP contribution in [-0.2, 0) is 9.84 Å². The first kappa shape index (κ1) is 10.0. The van der Waals surface area contributed by atoms with Gasteiger partial charge in [0.1, 0.15) is 0 Å². The molecule has 0 amide bonds. The second-order valence-corrected chi connectivity index (χ2v) is 5.59. The number of aromatic nitrogens is 1. The van der Waals surface area contributed by atoms with Crippen LogP contribution in [0.2, 0.25) is 0 Å². The molecule has 1 heterocycles. The van der Waals surface area contributed by atoms with Crippen molar-refractivity contribution in [2.24, 2.45) is 0 Å². The Balaban J connectivity index is 2.66. The van der Waals surface area contributed by atoms with Crippen LogP contribution in [0.25, 0.3) is 10.9 Å². The van der Waals surface area contributed by atoms with E-state index < -0.39 is 9.84 Å². The van der Waals surface area contributed by atoms with Crippen LogP contribution in [0, 0.1) is 0 Å². The third-order valence-electron chi connectivity index (χ3n) is 2.32. The van der Waals surface area contributed by atoms with Crippen molar-refractivity contribution in [3.8, 4) is 5.88 Å². The number of rotatable bonds is 2. The Morgan fingerprint density at radius 1 is 1.33 bits per heavy atom. The van der Waals surface area contributed by atoms with Crippen LogP contribution in [0.1, 0.15) is 6.92 Å². The molecule has 4 nitrogen and oxygen atoms in total. The van der Waals surface area contributed by atoms with Crippen molar-refractivity contribution < 1.29 is 13.5 Å². The maximum Gasteiger partial charge on any atom is 0.189 e. The molecule has 15 heavy (non-hydrogen) atoms. The summed E-state index contributed by atoms with van der Waals surface area (Å²) in [6.45, 7) is 1.61. The van der Waals surface area contributed by atoms with Gasteiger partial charge in [0, 0.05) is 17.0 Å². The van der Waals surface area contributed by atoms with Crippen molar-refractivity contribution in [1.82, 2.24) is 4.98 Å². The molecule has 0 radical (unpaired) electrons. The van der Waals surface area contributed by atoms with Gasteiger partial charge in [-0.25, -0.2) is 8.42 Å². The SMILES string of the molecule is CCS(=O)(=O)c1ccc2[nH]c(O)cc2c1. The minimum atomic E-state index is -3.18. The van der Waals surface area contributed by atoms with Crippen molar-refractivity contribution in [3.63, 3.8) is 0 Å². The second kappa shape index (κ2) is 3.27. The van der Waals surface area contributed by atoms with E-state index in [2.05, 4.69) is 4.98 Å². The normalized spacial score (nSPS) is 12.1. The molecule has 0 aliphatic rings. The highest BCUT2D eigenvalue weighted by Gasteiger charge is 2.12. The Morgan fingerprint density at radius 3 is 2.73 bits per heavy atom. The number of benzene rings is 1. The van der Waals surface area contributed by atoms with E-state index in [0.29, 0.717) is 5.39 Å². The molecular formula is C10H11NO3S. The van der Waals surface area contributed by atoms with Gasteiger partial charge in [-0.1, -0.05) is 6.92 Å². The summed E-state index contributed by atoms with van der Waals surface area (Å²) in [4.78, 5) is 3.00. The summed E-state index contributed by atoms with van der Waals surface area (Å²) in [5.41, 5.74) is 0.725. The van der Waals surface area contributed by atoms with Gasteiger partial charge in [0.2, 0.25) is 0 Å². The first-order valence-electron chi connectivity index (χ1n) is 4.57. The van der Waals surface area contributed by atoms with E-state index in [9.17, 15) is 13.5 Å². The van der Waals surface area contributed by atoms with Gasteiger partial charge in [-0.15, -0.1) is 0 Å². The lowest BCUT2D eigenvalue weighted by atomic mass is 10.2. The van der Waals surface area contributed by atoms with Gasteiger partial charge in [0.15, 0.2) is 15.7 Å². The molecular weight excluding hydrogens is 214 g/mol. The molecule has 0 atom stereocenters. The third kappa shape index (κ3) is 1.70. The number of aromatic amines is 1. The molecule has 0 aliphatic carbocycles. The van der Waals surface area contributed by atoms with E-state index in [1.165, 1.54) is 12.1 Å². The Bertz CT molecular complexity index is 598. The first-order valence-corrected chi connectivity index (χ1v) is 6.22. The van der Waals surface area contributed by atoms with Crippen molar-refractivity contribution in [3.05, 3.63) is 24.3 Å². The fourth-order valence-corrected chi connectivity index (χ4v) is 2.37. The molecule has 80 valence electrons. The standard InChI is InChI=1S/C10H11NO3S/c1-2-15(13,14)8-3-4-9-7(5-8)6-10(12)11-9/h3-6,11-12H,2H2,1H3. The summed E-state index contributed by atoms with van der Waals surface area (Å²) in [6, 6.07) is 6.25. The highest BCUT2D eigenvalue weighted by Crippen LogP contribution is 2.23. The van der Waals surface area contributed by atoms with Crippen LogP contribution < -0.4 is 0 Å². The van der Waals surface area contributed by atoms with Crippen LogP contribution in [0.5, 0.6) is 5.88 Å². The molecule has 0 saturated carbocycles. The average molecular weight is 225 g/mol. The van der Waals surface area contributed by atoms with E-state index in [1.807, 2.05) is 0 Å². The van der Waals surface area contributed by atoms with Crippen molar-refractivity contribution >= 4 is 20.7 Å². The number of hydrogen-bond acceptors (Lipinski definition) is 3. The van der Waals surface area contributed by atoms with Gasteiger partial charge in [-0.2, -0.15) is 0 Å². The van der Waals surface area contributed by atoms with Crippen molar-refractivity contribution in [2.45, 2.75) is 11.8 Å². The zero-order chi connectivity index (χ0) is 11.1. The third-order valence-corrected chi connectivity index (χ3v) is 4.05. The summed E-state index contributed by atoms with van der Waals surface area (Å²) in [5.74, 6) is 0.116. The highest BCUT2D eigenvalue weighted by molar-refractivity contribution is 7.91. The molecule has 1 aromatic heterocycles. The number of aromatic hydroxyl groups is 1. The van der Waals surface area contributed by atoms with Crippen LogP contribution in [0.3, 0.4) is 0 Å². The Labute approximate surface area is 87.5 Å². The lowest BCUT2D eigenvalue weighted by Gasteiger charge is -2.00. The molecule has 0 aliphatic heterocycles. The first-order chi connectivity index (χ1) is 7.03. The number of sulfone groups is 1. The summed E-state index contributed by atoms with van der Waals surface area (Å²) in [6.07, 6.45) is 0. The minimum absolute atomic E-state index is 0.0380. The molecule has 0 spiro atoms. The molecule has 5 heteroatoms.